The molecule has 11 aromatic rings. The predicted octanol–water partition coefficient (Wildman–Crippen LogP) is 13.7. The molecule has 2 aliphatic rings. The Morgan fingerprint density at radius 3 is 1.07 bits per heavy atom. The minimum atomic E-state index is -0.0512. The Morgan fingerprint density at radius 1 is 0.246 bits per heavy atom. The molecule has 2 aliphatic heterocycles. The molecule has 282 valence electrons. The molecule has 61 heavy (non-hydrogen) atoms. The molecule has 0 atom stereocenters. The van der Waals surface area contributed by atoms with E-state index in [0.29, 0.717) is 0 Å². The van der Waals surface area contributed by atoms with E-state index in [-0.39, 0.29) is 6.71 Å². The van der Waals surface area contributed by atoms with Gasteiger partial charge < -0.3 is 9.47 Å². The molecule has 0 unspecified atom stereocenters. The van der Waals surface area contributed by atoms with Crippen molar-refractivity contribution in [2.45, 2.75) is 0 Å². The maximum absolute atomic E-state index is 7.22. The van der Waals surface area contributed by atoms with Crippen LogP contribution in [-0.4, -0.2) is 6.71 Å². The topological polar surface area (TPSA) is 18.5 Å². The van der Waals surface area contributed by atoms with Crippen LogP contribution in [0.5, 0.6) is 23.0 Å². The number of hydrogen-bond donors (Lipinski definition) is 0. The van der Waals surface area contributed by atoms with E-state index in [2.05, 4.69) is 212 Å². The Hall–Kier alpha value is -7.88. The van der Waals surface area contributed by atoms with Crippen LogP contribution in [0.25, 0.3) is 87.6 Å². The van der Waals surface area contributed by atoms with Gasteiger partial charge in [0, 0.05) is 5.46 Å². The van der Waals surface area contributed by atoms with Gasteiger partial charge in [-0.3, -0.25) is 0 Å². The zero-order chi connectivity index (χ0) is 40.0. The zero-order valence-corrected chi connectivity index (χ0v) is 33.1. The Morgan fingerprint density at radius 2 is 0.590 bits per heavy atom. The van der Waals surface area contributed by atoms with Crippen molar-refractivity contribution in [3.8, 4) is 67.5 Å². The minimum Gasteiger partial charge on any atom is -0.458 e. The van der Waals surface area contributed by atoms with Gasteiger partial charge in [-0.2, -0.15) is 0 Å². The first-order valence-electron chi connectivity index (χ1n) is 21.0. The lowest BCUT2D eigenvalue weighted by molar-refractivity contribution is 0.465. The number of ether oxygens (including phenoxy) is 2. The van der Waals surface area contributed by atoms with Gasteiger partial charge >= 0.3 is 0 Å². The maximum Gasteiger partial charge on any atom is 0.260 e. The van der Waals surface area contributed by atoms with Gasteiger partial charge in [0.15, 0.2) is 0 Å². The van der Waals surface area contributed by atoms with Crippen molar-refractivity contribution in [3.05, 3.63) is 212 Å². The van der Waals surface area contributed by atoms with Crippen LogP contribution in [0.1, 0.15) is 0 Å². The summed E-state index contributed by atoms with van der Waals surface area (Å²) in [7, 11) is 0. The normalized spacial score (nSPS) is 12.5. The summed E-state index contributed by atoms with van der Waals surface area (Å²) in [5.41, 5.74) is 12.8. The summed E-state index contributed by atoms with van der Waals surface area (Å²) in [5, 5.41) is 9.71. The lowest BCUT2D eigenvalue weighted by Crippen LogP contribution is -2.57. The summed E-state index contributed by atoms with van der Waals surface area (Å²) in [6, 6.07) is 76.7. The molecule has 0 aromatic heterocycles. The Bertz CT molecular complexity index is 3480. The van der Waals surface area contributed by atoms with Crippen LogP contribution >= 0.6 is 0 Å². The number of benzene rings is 11. The van der Waals surface area contributed by atoms with Crippen molar-refractivity contribution < 1.29 is 9.47 Å². The summed E-state index contributed by atoms with van der Waals surface area (Å²) in [6.07, 6.45) is 0. The fraction of sp³-hybridized carbons (Fsp3) is 0. The first-order chi connectivity index (χ1) is 30.3. The highest BCUT2D eigenvalue weighted by atomic mass is 16.5. The molecule has 0 aliphatic carbocycles. The van der Waals surface area contributed by atoms with E-state index in [1.807, 2.05) is 0 Å². The molecular weight excluding hydrogens is 739 g/mol. The second-order valence-corrected chi connectivity index (χ2v) is 16.2. The van der Waals surface area contributed by atoms with Crippen molar-refractivity contribution >= 4 is 66.2 Å². The fourth-order valence-corrected chi connectivity index (χ4v) is 10.5. The number of hydrogen-bond acceptors (Lipinski definition) is 2. The largest absolute Gasteiger partial charge is 0.458 e. The Balaban J connectivity index is 1.05. The fourth-order valence-electron chi connectivity index (χ4n) is 10.5. The van der Waals surface area contributed by atoms with Crippen LogP contribution in [-0.2, 0) is 0 Å². The van der Waals surface area contributed by atoms with Gasteiger partial charge in [0.05, 0.1) is 0 Å². The third kappa shape index (κ3) is 5.11. The van der Waals surface area contributed by atoms with Crippen LogP contribution in [0.2, 0.25) is 0 Å². The standard InChI is InChI=1S/C58H35BO2/c1-3-17-36(18-4-1)54-40-21-7-11-25-44(40)56(45-26-12-8-22-41(45)54)38-31-32-49-51(33-38)61-53-35-39(34-52-58(53)59(49)48-29-15-16-30-50(48)60-52)57-46-27-13-9-23-42(46)55(37-19-5-2-6-20-37)43-24-10-14-28-47(43)57/h1-35H. The first-order valence-corrected chi connectivity index (χ1v) is 21.0. The van der Waals surface area contributed by atoms with Gasteiger partial charge in [-0.15, -0.1) is 0 Å². The van der Waals surface area contributed by atoms with Gasteiger partial charge in [-0.1, -0.05) is 188 Å². The van der Waals surface area contributed by atoms with Gasteiger partial charge in [0.1, 0.15) is 23.0 Å². The number of para-hydroxylation sites is 1. The lowest BCUT2D eigenvalue weighted by Gasteiger charge is -2.33. The average molecular weight is 775 g/mol. The van der Waals surface area contributed by atoms with Crippen molar-refractivity contribution in [3.63, 3.8) is 0 Å². The minimum absolute atomic E-state index is 0.0512. The molecule has 0 fully saturated rings. The summed E-state index contributed by atoms with van der Waals surface area (Å²) in [6.45, 7) is -0.0512. The maximum atomic E-state index is 7.22. The van der Waals surface area contributed by atoms with E-state index in [1.165, 1.54) is 76.5 Å². The molecule has 0 spiro atoms. The molecule has 0 saturated heterocycles. The summed E-state index contributed by atoms with van der Waals surface area (Å²) < 4.78 is 14.1. The quantitative estimate of drug-likeness (QED) is 0.131. The van der Waals surface area contributed by atoms with Crippen molar-refractivity contribution in [2.75, 3.05) is 0 Å². The van der Waals surface area contributed by atoms with Gasteiger partial charge in [0.25, 0.3) is 6.71 Å². The van der Waals surface area contributed by atoms with E-state index >= 15 is 0 Å². The number of rotatable bonds is 4. The van der Waals surface area contributed by atoms with E-state index in [0.717, 1.165) is 50.5 Å². The molecule has 0 radical (unpaired) electrons. The van der Waals surface area contributed by atoms with Crippen molar-refractivity contribution in [2.24, 2.45) is 0 Å². The van der Waals surface area contributed by atoms with Crippen molar-refractivity contribution in [1.29, 1.82) is 0 Å². The summed E-state index contributed by atoms with van der Waals surface area (Å²) in [5.74, 6) is 3.40. The van der Waals surface area contributed by atoms with Crippen LogP contribution in [0.4, 0.5) is 0 Å². The zero-order valence-electron chi connectivity index (χ0n) is 33.1. The molecule has 0 amide bonds. The molecule has 2 heterocycles. The van der Waals surface area contributed by atoms with Crippen LogP contribution < -0.4 is 25.9 Å². The smallest absolute Gasteiger partial charge is 0.260 e. The third-order valence-electron chi connectivity index (χ3n) is 13.0. The SMILES string of the molecule is c1ccc(-c2c3ccccc3c(-c3ccc4c(c3)Oc3cc(-c5c6ccccc6c(-c6ccccc6)c6ccccc56)cc5c3B4c3ccccc3O5)c3ccccc23)cc1. The molecular formula is C58H35BO2. The van der Waals surface area contributed by atoms with Crippen molar-refractivity contribution in [1.82, 2.24) is 0 Å². The van der Waals surface area contributed by atoms with Crippen LogP contribution in [0.15, 0.2) is 212 Å². The van der Waals surface area contributed by atoms with Gasteiger partial charge in [0.2, 0.25) is 0 Å². The molecule has 0 bridgehead atoms. The van der Waals surface area contributed by atoms with Crippen LogP contribution in [0.3, 0.4) is 0 Å². The highest BCUT2D eigenvalue weighted by Crippen LogP contribution is 2.48. The molecule has 0 saturated carbocycles. The lowest BCUT2D eigenvalue weighted by atomic mass is 9.35. The first kappa shape index (κ1) is 34.0. The second kappa shape index (κ2) is 13.3. The van der Waals surface area contributed by atoms with Gasteiger partial charge in [-0.25, -0.2) is 0 Å². The predicted molar refractivity (Wildman–Crippen MR) is 256 cm³/mol. The van der Waals surface area contributed by atoms with E-state index < -0.39 is 0 Å². The monoisotopic (exact) mass is 774 g/mol. The van der Waals surface area contributed by atoms with Gasteiger partial charge in [-0.05, 0) is 123 Å². The Labute approximate surface area is 354 Å². The third-order valence-corrected chi connectivity index (χ3v) is 13.0. The summed E-state index contributed by atoms with van der Waals surface area (Å²) in [4.78, 5) is 0. The number of fused-ring (bicyclic) bond motifs is 8. The van der Waals surface area contributed by atoms with E-state index in [4.69, 9.17) is 9.47 Å². The molecule has 13 rings (SSSR count). The van der Waals surface area contributed by atoms with Crippen LogP contribution in [0, 0.1) is 0 Å². The molecule has 11 aromatic carbocycles. The molecule has 0 N–H and O–H groups in total. The highest BCUT2D eigenvalue weighted by Gasteiger charge is 2.41. The molecule has 3 heteroatoms. The van der Waals surface area contributed by atoms with E-state index in [1.54, 1.807) is 0 Å². The van der Waals surface area contributed by atoms with E-state index in [9.17, 15) is 0 Å². The highest BCUT2D eigenvalue weighted by molar-refractivity contribution is 6.98. The average Bonchev–Trinajstić information content (AvgIpc) is 3.32. The Kier molecular flexibility index (Phi) is 7.43. The second-order valence-electron chi connectivity index (χ2n) is 16.2. The summed E-state index contributed by atoms with van der Waals surface area (Å²) >= 11 is 0. The molecule has 2 nitrogen and oxygen atoms in total.